The first-order valence-corrected chi connectivity index (χ1v) is 5.44. The molecule has 84 valence electrons. The maximum absolute atomic E-state index is 11.1. The summed E-state index contributed by atoms with van der Waals surface area (Å²) in [5.74, 6) is 0. The smallest absolute Gasteiger partial charge is 0.152 e. The lowest BCUT2D eigenvalue weighted by Gasteiger charge is -2.25. The van der Waals surface area contributed by atoms with Crippen molar-refractivity contribution in [1.29, 1.82) is 0 Å². The van der Waals surface area contributed by atoms with Crippen LogP contribution in [0.1, 0.15) is 5.56 Å². The Hall–Kier alpha value is -1.61. The van der Waals surface area contributed by atoms with Crippen LogP contribution in [0.25, 0.3) is 5.57 Å². The zero-order valence-electron chi connectivity index (χ0n) is 9.13. The van der Waals surface area contributed by atoms with Gasteiger partial charge in [0.05, 0.1) is 13.2 Å². The summed E-state index contributed by atoms with van der Waals surface area (Å²) in [6.45, 7) is 3.17. The van der Waals surface area contributed by atoms with E-state index in [9.17, 15) is 4.79 Å². The summed E-state index contributed by atoms with van der Waals surface area (Å²) in [6, 6.07) is 9.71. The van der Waals surface area contributed by atoms with Crippen LogP contribution in [0.4, 0.5) is 0 Å². The Balaban J connectivity index is 2.15. The van der Waals surface area contributed by atoms with Gasteiger partial charge in [-0.15, -0.1) is 0 Å². The van der Waals surface area contributed by atoms with Crippen molar-refractivity contribution in [3.63, 3.8) is 0 Å². The molecule has 1 aromatic carbocycles. The van der Waals surface area contributed by atoms with Gasteiger partial charge >= 0.3 is 0 Å². The van der Waals surface area contributed by atoms with E-state index in [1.54, 1.807) is 0 Å². The normalized spacial score (nSPS) is 17.2. The number of carbonyl (C=O) groups is 1. The summed E-state index contributed by atoms with van der Waals surface area (Å²) in [4.78, 5) is 13.2. The second-order valence-corrected chi connectivity index (χ2v) is 3.72. The number of carbonyl (C=O) groups excluding carboxylic acids is 1. The highest BCUT2D eigenvalue weighted by Crippen LogP contribution is 2.13. The molecule has 1 aliphatic rings. The molecule has 0 amide bonds. The van der Waals surface area contributed by atoms with E-state index in [1.807, 2.05) is 36.5 Å². The fourth-order valence-electron chi connectivity index (χ4n) is 1.71. The number of morpholine rings is 1. The van der Waals surface area contributed by atoms with E-state index >= 15 is 0 Å². The molecular weight excluding hydrogens is 202 g/mol. The highest BCUT2D eigenvalue weighted by molar-refractivity contribution is 6.06. The SMILES string of the molecule is O=CC(=CN1CCOCC1)c1ccccc1. The Bertz CT molecular complexity index is 367. The topological polar surface area (TPSA) is 29.5 Å². The van der Waals surface area contributed by atoms with Gasteiger partial charge in [-0.2, -0.15) is 0 Å². The third kappa shape index (κ3) is 2.70. The average molecular weight is 217 g/mol. The Morgan fingerprint density at radius 1 is 1.19 bits per heavy atom. The third-order valence-electron chi connectivity index (χ3n) is 2.60. The van der Waals surface area contributed by atoms with Crippen LogP contribution in [0.5, 0.6) is 0 Å². The quantitative estimate of drug-likeness (QED) is 0.568. The van der Waals surface area contributed by atoms with E-state index in [0.717, 1.165) is 43.7 Å². The lowest BCUT2D eigenvalue weighted by atomic mass is 10.1. The van der Waals surface area contributed by atoms with Crippen molar-refractivity contribution >= 4 is 11.9 Å². The summed E-state index contributed by atoms with van der Waals surface area (Å²) in [7, 11) is 0. The number of hydrogen-bond acceptors (Lipinski definition) is 3. The molecule has 0 unspecified atom stereocenters. The maximum atomic E-state index is 11.1. The van der Waals surface area contributed by atoms with E-state index in [4.69, 9.17) is 4.74 Å². The zero-order valence-corrected chi connectivity index (χ0v) is 9.13. The fraction of sp³-hybridized carbons (Fsp3) is 0.308. The molecule has 1 saturated heterocycles. The number of aldehydes is 1. The first-order chi connectivity index (χ1) is 7.90. The monoisotopic (exact) mass is 217 g/mol. The van der Waals surface area contributed by atoms with Crippen LogP contribution < -0.4 is 0 Å². The van der Waals surface area contributed by atoms with Crippen molar-refractivity contribution in [3.05, 3.63) is 42.1 Å². The number of benzene rings is 1. The van der Waals surface area contributed by atoms with Crippen LogP contribution in [0, 0.1) is 0 Å². The van der Waals surface area contributed by atoms with Gasteiger partial charge in [-0.1, -0.05) is 30.3 Å². The van der Waals surface area contributed by atoms with Crippen LogP contribution in [0.15, 0.2) is 36.5 Å². The fourth-order valence-corrected chi connectivity index (χ4v) is 1.71. The van der Waals surface area contributed by atoms with Gasteiger partial charge in [0.2, 0.25) is 0 Å². The van der Waals surface area contributed by atoms with Crippen molar-refractivity contribution in [2.75, 3.05) is 26.3 Å². The van der Waals surface area contributed by atoms with Crippen molar-refractivity contribution in [1.82, 2.24) is 4.90 Å². The number of allylic oxidation sites excluding steroid dienone is 1. The molecule has 3 heteroatoms. The summed E-state index contributed by atoms with van der Waals surface area (Å²) < 4.78 is 5.26. The molecule has 3 nitrogen and oxygen atoms in total. The minimum atomic E-state index is 0.725. The first-order valence-electron chi connectivity index (χ1n) is 5.44. The van der Waals surface area contributed by atoms with Gasteiger partial charge in [0, 0.05) is 24.9 Å². The van der Waals surface area contributed by atoms with E-state index in [1.165, 1.54) is 0 Å². The van der Waals surface area contributed by atoms with E-state index in [2.05, 4.69) is 4.90 Å². The molecule has 0 bridgehead atoms. The Morgan fingerprint density at radius 3 is 2.50 bits per heavy atom. The van der Waals surface area contributed by atoms with Gasteiger partial charge < -0.3 is 9.64 Å². The highest BCUT2D eigenvalue weighted by Gasteiger charge is 2.08. The Kier molecular flexibility index (Phi) is 3.72. The molecule has 1 aliphatic heterocycles. The molecule has 0 saturated carbocycles. The van der Waals surface area contributed by atoms with Gasteiger partial charge in [0.1, 0.15) is 0 Å². The van der Waals surface area contributed by atoms with Gasteiger partial charge in [-0.05, 0) is 5.56 Å². The minimum Gasteiger partial charge on any atom is -0.378 e. The molecule has 0 radical (unpaired) electrons. The molecule has 0 N–H and O–H groups in total. The largest absolute Gasteiger partial charge is 0.378 e. The van der Waals surface area contributed by atoms with Crippen LogP contribution in [0.2, 0.25) is 0 Å². The lowest BCUT2D eigenvalue weighted by molar-refractivity contribution is -0.103. The molecule has 0 spiro atoms. The van der Waals surface area contributed by atoms with Crippen molar-refractivity contribution in [2.45, 2.75) is 0 Å². The predicted molar refractivity (Wildman–Crippen MR) is 62.9 cm³/mol. The van der Waals surface area contributed by atoms with Crippen molar-refractivity contribution < 1.29 is 9.53 Å². The predicted octanol–water partition coefficient (Wildman–Crippen LogP) is 1.56. The standard InChI is InChI=1S/C13H15NO2/c15-11-13(12-4-2-1-3-5-12)10-14-6-8-16-9-7-14/h1-5,10-11H,6-9H2. The average Bonchev–Trinajstić information content (AvgIpc) is 2.38. The molecule has 0 aliphatic carbocycles. The summed E-state index contributed by atoms with van der Waals surface area (Å²) in [5, 5.41) is 0. The summed E-state index contributed by atoms with van der Waals surface area (Å²) in [6.07, 6.45) is 2.83. The van der Waals surface area contributed by atoms with Gasteiger partial charge in [-0.25, -0.2) is 0 Å². The van der Waals surface area contributed by atoms with Crippen LogP contribution >= 0.6 is 0 Å². The van der Waals surface area contributed by atoms with E-state index in [-0.39, 0.29) is 0 Å². The van der Waals surface area contributed by atoms with Crippen LogP contribution in [-0.4, -0.2) is 37.5 Å². The van der Waals surface area contributed by atoms with Gasteiger partial charge in [0.25, 0.3) is 0 Å². The number of ether oxygens (including phenoxy) is 1. The number of rotatable bonds is 3. The van der Waals surface area contributed by atoms with E-state index in [0.29, 0.717) is 0 Å². The molecule has 0 aromatic heterocycles. The van der Waals surface area contributed by atoms with Crippen molar-refractivity contribution in [2.24, 2.45) is 0 Å². The third-order valence-corrected chi connectivity index (χ3v) is 2.60. The Morgan fingerprint density at radius 2 is 1.88 bits per heavy atom. The highest BCUT2D eigenvalue weighted by atomic mass is 16.5. The molecular formula is C13H15NO2. The van der Waals surface area contributed by atoms with Crippen LogP contribution in [0.3, 0.4) is 0 Å². The minimum absolute atomic E-state index is 0.725. The number of hydrogen-bond donors (Lipinski definition) is 0. The molecule has 16 heavy (non-hydrogen) atoms. The second-order valence-electron chi connectivity index (χ2n) is 3.72. The maximum Gasteiger partial charge on any atom is 0.152 e. The molecule has 1 fully saturated rings. The van der Waals surface area contributed by atoms with E-state index < -0.39 is 0 Å². The summed E-state index contributed by atoms with van der Waals surface area (Å²) in [5.41, 5.74) is 1.69. The molecule has 1 heterocycles. The van der Waals surface area contributed by atoms with Gasteiger partial charge in [0.15, 0.2) is 6.29 Å². The molecule has 0 atom stereocenters. The van der Waals surface area contributed by atoms with Crippen LogP contribution in [-0.2, 0) is 9.53 Å². The molecule has 1 aromatic rings. The Labute approximate surface area is 95.3 Å². The first kappa shape index (κ1) is 10.9. The lowest BCUT2D eigenvalue weighted by Crippen LogP contribution is -2.32. The van der Waals surface area contributed by atoms with Gasteiger partial charge in [-0.3, -0.25) is 4.79 Å². The molecule has 2 rings (SSSR count). The summed E-state index contributed by atoms with van der Waals surface area (Å²) >= 11 is 0. The zero-order chi connectivity index (χ0) is 11.2. The second kappa shape index (κ2) is 5.47. The van der Waals surface area contributed by atoms with Crippen molar-refractivity contribution in [3.8, 4) is 0 Å². The number of nitrogens with zero attached hydrogens (tertiary/aromatic N) is 1.